The lowest BCUT2D eigenvalue weighted by Crippen LogP contribution is -2.47. The smallest absolute Gasteiger partial charge is 0.314 e. The zero-order valence-corrected chi connectivity index (χ0v) is 12.5. The molecule has 0 fully saturated rings. The van der Waals surface area contributed by atoms with Gasteiger partial charge in [-0.05, 0) is 25.2 Å². The summed E-state index contributed by atoms with van der Waals surface area (Å²) in [5.74, 6) is -0.388. The summed E-state index contributed by atoms with van der Waals surface area (Å²) in [5, 5.41) is 9.88. The summed E-state index contributed by atoms with van der Waals surface area (Å²) in [6.07, 6.45) is 9.99. The van der Waals surface area contributed by atoms with E-state index in [0.717, 1.165) is 12.8 Å². The number of hydrogen-bond acceptors (Lipinski definition) is 2. The van der Waals surface area contributed by atoms with Crippen molar-refractivity contribution in [3.05, 3.63) is 24.3 Å². The number of methoxy groups -OCH3 is 1. The lowest BCUT2D eigenvalue weighted by Gasteiger charge is -2.47. The van der Waals surface area contributed by atoms with Gasteiger partial charge in [0, 0.05) is 19.1 Å². The first-order chi connectivity index (χ1) is 8.94. The van der Waals surface area contributed by atoms with Gasteiger partial charge in [-0.25, -0.2) is 0 Å². The van der Waals surface area contributed by atoms with Gasteiger partial charge in [-0.1, -0.05) is 45.1 Å². The second-order valence-electron chi connectivity index (χ2n) is 5.85. The summed E-state index contributed by atoms with van der Waals surface area (Å²) in [7, 11) is 1.66. The summed E-state index contributed by atoms with van der Waals surface area (Å²) in [5.41, 5.74) is -1.17. The largest absolute Gasteiger partial charge is 0.481 e. The Morgan fingerprint density at radius 3 is 2.42 bits per heavy atom. The van der Waals surface area contributed by atoms with E-state index in [9.17, 15) is 9.90 Å². The van der Waals surface area contributed by atoms with Crippen molar-refractivity contribution in [3.8, 4) is 0 Å². The molecule has 0 bridgehead atoms. The fourth-order valence-electron chi connectivity index (χ4n) is 3.26. The average molecular weight is 266 g/mol. The van der Waals surface area contributed by atoms with Crippen LogP contribution in [0.3, 0.4) is 0 Å². The highest BCUT2D eigenvalue weighted by atomic mass is 16.5. The topological polar surface area (TPSA) is 46.5 Å². The minimum absolute atomic E-state index is 0.334. The minimum atomic E-state index is -0.816. The van der Waals surface area contributed by atoms with Crippen molar-refractivity contribution in [3.63, 3.8) is 0 Å². The molecule has 1 aliphatic carbocycles. The van der Waals surface area contributed by atoms with E-state index >= 15 is 0 Å². The van der Waals surface area contributed by atoms with E-state index in [1.54, 1.807) is 7.11 Å². The Balaban J connectivity index is 3.24. The van der Waals surface area contributed by atoms with Gasteiger partial charge in [0.1, 0.15) is 0 Å². The van der Waals surface area contributed by atoms with Gasteiger partial charge in [-0.15, -0.1) is 0 Å². The number of aliphatic carboxylic acids is 1. The van der Waals surface area contributed by atoms with E-state index in [2.05, 4.69) is 26.8 Å². The van der Waals surface area contributed by atoms with E-state index in [0.29, 0.717) is 18.9 Å². The van der Waals surface area contributed by atoms with Crippen LogP contribution in [0.2, 0.25) is 0 Å². The Kier molecular flexibility index (Phi) is 5.36. The average Bonchev–Trinajstić information content (AvgIpc) is 2.37. The molecule has 0 spiro atoms. The van der Waals surface area contributed by atoms with Gasteiger partial charge < -0.3 is 9.84 Å². The molecule has 2 unspecified atom stereocenters. The minimum Gasteiger partial charge on any atom is -0.481 e. The van der Waals surface area contributed by atoms with Crippen molar-refractivity contribution in [2.45, 2.75) is 40.0 Å². The van der Waals surface area contributed by atoms with Crippen LogP contribution in [-0.2, 0) is 9.53 Å². The maximum Gasteiger partial charge on any atom is 0.314 e. The van der Waals surface area contributed by atoms with Crippen LogP contribution in [0.15, 0.2) is 24.3 Å². The normalized spacial score (nSPS) is 29.9. The third kappa shape index (κ3) is 2.92. The molecular formula is C16H26O3. The van der Waals surface area contributed by atoms with Crippen LogP contribution < -0.4 is 0 Å². The molecule has 0 saturated heterocycles. The quantitative estimate of drug-likeness (QED) is 0.765. The Morgan fingerprint density at radius 2 is 1.95 bits per heavy atom. The van der Waals surface area contributed by atoms with E-state index in [1.165, 1.54) is 0 Å². The first-order valence-corrected chi connectivity index (χ1v) is 7.03. The van der Waals surface area contributed by atoms with Crippen molar-refractivity contribution in [1.82, 2.24) is 0 Å². The predicted octanol–water partition coefficient (Wildman–Crippen LogP) is 3.66. The van der Waals surface area contributed by atoms with E-state index < -0.39 is 11.4 Å². The highest BCUT2D eigenvalue weighted by Crippen LogP contribution is 2.53. The molecule has 3 nitrogen and oxygen atoms in total. The SMILES string of the molecule is CCC1(CCOC)C=CC=CC1(CC(C)C)C(=O)O. The number of carboxylic acid groups (broad SMARTS) is 1. The molecule has 2 atom stereocenters. The Labute approximate surface area is 116 Å². The molecule has 0 saturated carbocycles. The molecular weight excluding hydrogens is 240 g/mol. The van der Waals surface area contributed by atoms with Crippen molar-refractivity contribution >= 4 is 5.97 Å². The van der Waals surface area contributed by atoms with Crippen molar-refractivity contribution in [1.29, 1.82) is 0 Å². The molecule has 0 amide bonds. The number of hydrogen-bond donors (Lipinski definition) is 1. The Bertz CT molecular complexity index is 370. The number of carboxylic acids is 1. The predicted molar refractivity (Wildman–Crippen MR) is 77.0 cm³/mol. The molecule has 3 heteroatoms. The first-order valence-electron chi connectivity index (χ1n) is 7.03. The summed E-state index contributed by atoms with van der Waals surface area (Å²) in [6, 6.07) is 0. The van der Waals surface area contributed by atoms with Gasteiger partial charge >= 0.3 is 5.97 Å². The second-order valence-corrected chi connectivity index (χ2v) is 5.85. The molecule has 1 N–H and O–H groups in total. The lowest BCUT2D eigenvalue weighted by atomic mass is 9.55. The van der Waals surface area contributed by atoms with Crippen LogP contribution in [0, 0.1) is 16.7 Å². The number of rotatable bonds is 7. The summed E-state index contributed by atoms with van der Waals surface area (Å²) < 4.78 is 5.20. The van der Waals surface area contributed by atoms with Crippen LogP contribution in [0.4, 0.5) is 0 Å². The van der Waals surface area contributed by atoms with Crippen LogP contribution in [0.1, 0.15) is 40.0 Å². The third-order valence-electron chi connectivity index (χ3n) is 4.29. The molecule has 1 rings (SSSR count). The first kappa shape index (κ1) is 16.0. The lowest BCUT2D eigenvalue weighted by molar-refractivity contribution is -0.154. The molecule has 108 valence electrons. The molecule has 0 aliphatic heterocycles. The van der Waals surface area contributed by atoms with Crippen molar-refractivity contribution in [2.75, 3.05) is 13.7 Å². The van der Waals surface area contributed by atoms with Crippen LogP contribution in [-0.4, -0.2) is 24.8 Å². The fraction of sp³-hybridized carbons (Fsp3) is 0.688. The standard InChI is InChI=1S/C16H26O3/c1-5-15(10-11-19-4)8-6-7-9-16(15,14(17)18)12-13(2)3/h6-9,13H,5,10-12H2,1-4H3,(H,17,18). The fourth-order valence-corrected chi connectivity index (χ4v) is 3.26. The highest BCUT2D eigenvalue weighted by molar-refractivity contribution is 5.79. The number of allylic oxidation sites excluding steroid dienone is 3. The molecule has 19 heavy (non-hydrogen) atoms. The monoisotopic (exact) mass is 266 g/mol. The Hall–Kier alpha value is -1.09. The molecule has 0 aromatic carbocycles. The van der Waals surface area contributed by atoms with Gasteiger partial charge in [0.2, 0.25) is 0 Å². The zero-order valence-electron chi connectivity index (χ0n) is 12.5. The second kappa shape index (κ2) is 6.38. The molecule has 0 aromatic rings. The van der Waals surface area contributed by atoms with Gasteiger partial charge in [-0.2, -0.15) is 0 Å². The van der Waals surface area contributed by atoms with Crippen LogP contribution in [0.25, 0.3) is 0 Å². The van der Waals surface area contributed by atoms with Crippen molar-refractivity contribution < 1.29 is 14.6 Å². The van der Waals surface area contributed by atoms with E-state index in [4.69, 9.17) is 4.74 Å². The summed E-state index contributed by atoms with van der Waals surface area (Å²) >= 11 is 0. The van der Waals surface area contributed by atoms with E-state index in [1.807, 2.05) is 18.2 Å². The molecule has 1 aliphatic rings. The molecule has 0 heterocycles. The third-order valence-corrected chi connectivity index (χ3v) is 4.29. The van der Waals surface area contributed by atoms with Crippen LogP contribution >= 0.6 is 0 Å². The number of carbonyl (C=O) groups is 1. The zero-order chi connectivity index (χ0) is 14.5. The van der Waals surface area contributed by atoms with Crippen LogP contribution in [0.5, 0.6) is 0 Å². The van der Waals surface area contributed by atoms with Gasteiger partial charge in [0.15, 0.2) is 0 Å². The molecule has 0 aromatic heterocycles. The number of ether oxygens (including phenoxy) is 1. The maximum absolute atomic E-state index is 12.0. The highest BCUT2D eigenvalue weighted by Gasteiger charge is 2.53. The Morgan fingerprint density at radius 1 is 1.32 bits per heavy atom. The van der Waals surface area contributed by atoms with Gasteiger partial charge in [-0.3, -0.25) is 4.79 Å². The molecule has 0 radical (unpaired) electrons. The van der Waals surface area contributed by atoms with Gasteiger partial charge in [0.25, 0.3) is 0 Å². The van der Waals surface area contributed by atoms with E-state index in [-0.39, 0.29) is 5.41 Å². The summed E-state index contributed by atoms with van der Waals surface area (Å²) in [4.78, 5) is 12.0. The maximum atomic E-state index is 12.0. The van der Waals surface area contributed by atoms with Gasteiger partial charge in [0.05, 0.1) is 5.41 Å². The van der Waals surface area contributed by atoms with Crippen molar-refractivity contribution in [2.24, 2.45) is 16.7 Å². The summed E-state index contributed by atoms with van der Waals surface area (Å²) in [6.45, 7) is 6.80.